The number of carbonyl (C=O) groups is 3. The van der Waals surface area contributed by atoms with Gasteiger partial charge in [-0.1, -0.05) is 218 Å². The van der Waals surface area contributed by atoms with Gasteiger partial charge in [-0.3, -0.25) is 14.4 Å². The predicted molar refractivity (Wildman–Crippen MR) is 297 cm³/mol. The molecule has 0 aromatic heterocycles. The van der Waals surface area contributed by atoms with Crippen LogP contribution in [0.5, 0.6) is 0 Å². The maximum Gasteiger partial charge on any atom is 0.306 e. The molecule has 0 aliphatic rings. The smallest absolute Gasteiger partial charge is 0.306 e. The van der Waals surface area contributed by atoms with Crippen molar-refractivity contribution in [1.82, 2.24) is 0 Å². The Bertz CT molecular complexity index is 1560. The molecule has 0 spiro atoms. The van der Waals surface area contributed by atoms with Crippen LogP contribution in [0.4, 0.5) is 0 Å². The Kier molecular flexibility index (Phi) is 52.1. The summed E-state index contributed by atoms with van der Waals surface area (Å²) in [5.74, 6) is -1.03. The van der Waals surface area contributed by atoms with Crippen LogP contribution < -0.4 is 0 Å². The Morgan fingerprint density at radius 3 is 1.10 bits per heavy atom. The molecule has 0 aliphatic carbocycles. The van der Waals surface area contributed by atoms with Gasteiger partial charge in [0.1, 0.15) is 13.2 Å². The molecular formula is C63H98O6. The Labute approximate surface area is 423 Å². The van der Waals surface area contributed by atoms with Crippen LogP contribution in [0.1, 0.15) is 213 Å². The van der Waals surface area contributed by atoms with Crippen molar-refractivity contribution >= 4 is 17.9 Å². The lowest BCUT2D eigenvalue weighted by Gasteiger charge is -2.18. The number of carbonyl (C=O) groups excluding carboxylic acids is 3. The van der Waals surface area contributed by atoms with Crippen LogP contribution in [0.2, 0.25) is 0 Å². The zero-order valence-corrected chi connectivity index (χ0v) is 44.0. The van der Waals surface area contributed by atoms with Crippen LogP contribution in [0.15, 0.2) is 146 Å². The van der Waals surface area contributed by atoms with Crippen LogP contribution in [0.3, 0.4) is 0 Å². The quantitative estimate of drug-likeness (QED) is 0.0199. The summed E-state index contributed by atoms with van der Waals surface area (Å²) in [6.45, 7) is 6.26. The molecule has 69 heavy (non-hydrogen) atoms. The Morgan fingerprint density at radius 2 is 0.652 bits per heavy atom. The minimum atomic E-state index is -0.832. The highest BCUT2D eigenvalue weighted by Gasteiger charge is 2.19. The molecule has 1 unspecified atom stereocenters. The average Bonchev–Trinajstić information content (AvgIpc) is 3.35. The molecule has 6 nitrogen and oxygen atoms in total. The van der Waals surface area contributed by atoms with Crippen molar-refractivity contribution < 1.29 is 28.6 Å². The normalized spacial score (nSPS) is 13.3. The number of unbranched alkanes of at least 4 members (excludes halogenated alkanes) is 14. The highest BCUT2D eigenvalue weighted by Crippen LogP contribution is 2.12. The zero-order valence-electron chi connectivity index (χ0n) is 44.0. The lowest BCUT2D eigenvalue weighted by molar-refractivity contribution is -0.167. The van der Waals surface area contributed by atoms with Gasteiger partial charge in [0.2, 0.25) is 0 Å². The second kappa shape index (κ2) is 55.9. The summed E-state index contributed by atoms with van der Waals surface area (Å²) in [5, 5.41) is 0. The molecule has 0 amide bonds. The van der Waals surface area contributed by atoms with Crippen LogP contribution in [-0.2, 0) is 28.6 Å². The number of esters is 3. The molecule has 6 heteroatoms. The fourth-order valence-corrected chi connectivity index (χ4v) is 6.81. The van der Waals surface area contributed by atoms with Crippen molar-refractivity contribution in [3.63, 3.8) is 0 Å². The second-order valence-electron chi connectivity index (χ2n) is 17.4. The number of hydrogen-bond donors (Lipinski definition) is 0. The van der Waals surface area contributed by atoms with Crippen molar-refractivity contribution in [1.29, 1.82) is 0 Å². The summed E-state index contributed by atoms with van der Waals surface area (Å²) in [4.78, 5) is 38.1. The number of ether oxygens (including phenoxy) is 3. The van der Waals surface area contributed by atoms with Gasteiger partial charge in [-0.2, -0.15) is 0 Å². The SMILES string of the molecule is CC\C=C/C=C\C=C/CCCCCCCCCC(=O)OCC(COC(=O)CCCCC/C=C\C/C=C\C/C=C\C/C=C\C/C=C\CC)OC(=O)CCC/C=C\C/C=C\C/C=C\C/C=C\CCCCC. The Morgan fingerprint density at radius 1 is 0.319 bits per heavy atom. The van der Waals surface area contributed by atoms with Gasteiger partial charge in [0.05, 0.1) is 0 Å². The molecular weight excluding hydrogens is 853 g/mol. The molecule has 386 valence electrons. The summed E-state index contributed by atoms with van der Waals surface area (Å²) in [7, 11) is 0. The molecule has 0 aromatic rings. The van der Waals surface area contributed by atoms with E-state index >= 15 is 0 Å². The van der Waals surface area contributed by atoms with Crippen LogP contribution >= 0.6 is 0 Å². The third-order valence-corrected chi connectivity index (χ3v) is 10.9. The minimum Gasteiger partial charge on any atom is -0.462 e. The van der Waals surface area contributed by atoms with E-state index < -0.39 is 6.10 Å². The average molecular weight is 951 g/mol. The van der Waals surface area contributed by atoms with E-state index in [0.717, 1.165) is 122 Å². The molecule has 0 N–H and O–H groups in total. The van der Waals surface area contributed by atoms with Gasteiger partial charge in [0.25, 0.3) is 0 Å². The minimum absolute atomic E-state index is 0.123. The van der Waals surface area contributed by atoms with E-state index in [4.69, 9.17) is 14.2 Å². The molecule has 0 radical (unpaired) electrons. The first-order chi connectivity index (χ1) is 34.0. The summed E-state index contributed by atoms with van der Waals surface area (Å²) in [5.41, 5.74) is 0. The lowest BCUT2D eigenvalue weighted by Crippen LogP contribution is -2.30. The Hall–Kier alpha value is -4.71. The largest absolute Gasteiger partial charge is 0.462 e. The molecule has 0 saturated heterocycles. The van der Waals surface area contributed by atoms with Gasteiger partial charge in [0.15, 0.2) is 6.10 Å². The van der Waals surface area contributed by atoms with E-state index in [2.05, 4.69) is 167 Å². The maximum absolute atomic E-state index is 12.8. The first kappa shape index (κ1) is 64.3. The van der Waals surface area contributed by atoms with E-state index in [1.54, 1.807) is 0 Å². The molecule has 0 saturated carbocycles. The third kappa shape index (κ3) is 54.1. The first-order valence-corrected chi connectivity index (χ1v) is 27.4. The monoisotopic (exact) mass is 951 g/mol. The molecule has 0 rings (SSSR count). The molecule has 1 atom stereocenters. The van der Waals surface area contributed by atoms with Crippen molar-refractivity contribution in [3.8, 4) is 0 Å². The standard InChI is InChI=1S/C63H98O6/c1-4-7-10-13-16-19-22-25-28-30-31-33-35-38-41-44-47-50-53-56-62(65)68-59-60(58-67-61(64)55-52-49-46-43-40-37-34-27-24-21-18-15-12-9-6-3)69-63(66)57-54-51-48-45-42-39-36-32-29-26-23-20-17-14-11-8-5-2/h7,9-10,12,15-21,24-26,28-29,31,33,36,38-39,41,45,48,60H,4-6,8,11,13-14,22-23,27,30,32,34-35,37,40,42-44,46-47,49-59H2,1-3H3/b10-7-,12-9-,18-15-,19-16-,20-17-,24-21-,28-25-,29-26-,33-31-,39-36-,41-38-,48-45-. The second-order valence-corrected chi connectivity index (χ2v) is 17.4. The first-order valence-electron chi connectivity index (χ1n) is 27.4. The molecule has 0 aliphatic heterocycles. The third-order valence-electron chi connectivity index (χ3n) is 10.9. The summed E-state index contributed by atoms with van der Waals surface area (Å²) in [6, 6.07) is 0. The van der Waals surface area contributed by atoms with Gasteiger partial charge in [0, 0.05) is 19.3 Å². The molecule has 0 heterocycles. The van der Waals surface area contributed by atoms with Gasteiger partial charge in [-0.15, -0.1) is 0 Å². The van der Waals surface area contributed by atoms with Crippen LogP contribution in [0, 0.1) is 0 Å². The fraction of sp³-hybridized carbons (Fsp3) is 0.571. The number of hydrogen-bond acceptors (Lipinski definition) is 6. The molecule has 0 fully saturated rings. The topological polar surface area (TPSA) is 78.9 Å². The van der Waals surface area contributed by atoms with Crippen LogP contribution in [0.25, 0.3) is 0 Å². The fourth-order valence-electron chi connectivity index (χ4n) is 6.81. The van der Waals surface area contributed by atoms with Gasteiger partial charge >= 0.3 is 17.9 Å². The van der Waals surface area contributed by atoms with Gasteiger partial charge in [-0.05, 0) is 122 Å². The van der Waals surface area contributed by atoms with E-state index in [-0.39, 0.29) is 37.5 Å². The number of rotatable bonds is 47. The van der Waals surface area contributed by atoms with E-state index in [1.807, 2.05) is 0 Å². The summed E-state index contributed by atoms with van der Waals surface area (Å²) in [6.07, 6.45) is 79.8. The highest BCUT2D eigenvalue weighted by molar-refractivity contribution is 5.71. The van der Waals surface area contributed by atoms with Gasteiger partial charge in [-0.25, -0.2) is 0 Å². The Balaban J connectivity index is 4.58. The highest BCUT2D eigenvalue weighted by atomic mass is 16.6. The van der Waals surface area contributed by atoms with Gasteiger partial charge < -0.3 is 14.2 Å². The maximum atomic E-state index is 12.8. The van der Waals surface area contributed by atoms with Crippen molar-refractivity contribution in [2.75, 3.05) is 13.2 Å². The zero-order chi connectivity index (χ0) is 50.0. The summed E-state index contributed by atoms with van der Waals surface area (Å²) >= 11 is 0. The van der Waals surface area contributed by atoms with Crippen molar-refractivity contribution in [2.45, 2.75) is 219 Å². The van der Waals surface area contributed by atoms with Crippen molar-refractivity contribution in [2.24, 2.45) is 0 Å². The molecule has 0 bridgehead atoms. The predicted octanol–water partition coefficient (Wildman–Crippen LogP) is 18.4. The van der Waals surface area contributed by atoms with E-state index in [0.29, 0.717) is 19.3 Å². The van der Waals surface area contributed by atoms with E-state index in [9.17, 15) is 14.4 Å². The number of allylic oxidation sites excluding steroid dienone is 24. The molecule has 0 aromatic carbocycles. The summed E-state index contributed by atoms with van der Waals surface area (Å²) < 4.78 is 16.8. The lowest BCUT2D eigenvalue weighted by atomic mass is 10.1. The van der Waals surface area contributed by atoms with Crippen molar-refractivity contribution in [3.05, 3.63) is 146 Å². The van der Waals surface area contributed by atoms with E-state index in [1.165, 1.54) is 44.9 Å². The van der Waals surface area contributed by atoms with Crippen LogP contribution in [-0.4, -0.2) is 37.2 Å².